The van der Waals surface area contributed by atoms with Crippen LogP contribution in [0.5, 0.6) is 5.75 Å². The number of hydrogen-bond donors (Lipinski definition) is 0. The molecule has 0 aliphatic carbocycles. The molecule has 4 aromatic rings. The third-order valence-corrected chi connectivity index (χ3v) is 5.27. The molecular weight excluding hydrogens is 350 g/mol. The largest absolute Gasteiger partial charge is 0.497 e. The monoisotopic (exact) mass is 371 g/mol. The van der Waals surface area contributed by atoms with Crippen LogP contribution in [-0.4, -0.2) is 36.8 Å². The van der Waals surface area contributed by atoms with Crippen LogP contribution in [0.3, 0.4) is 0 Å². The Morgan fingerprint density at radius 1 is 1.00 bits per heavy atom. The van der Waals surface area contributed by atoms with Crippen molar-refractivity contribution >= 4 is 27.6 Å². The molecule has 0 radical (unpaired) electrons. The van der Waals surface area contributed by atoms with Crippen molar-refractivity contribution in [1.82, 2.24) is 9.97 Å². The summed E-state index contributed by atoms with van der Waals surface area (Å²) in [6.45, 7) is 2.24. The quantitative estimate of drug-likeness (QED) is 0.535. The van der Waals surface area contributed by atoms with Crippen molar-refractivity contribution in [3.63, 3.8) is 0 Å². The minimum atomic E-state index is 0.00789. The van der Waals surface area contributed by atoms with Crippen LogP contribution in [0.2, 0.25) is 0 Å². The van der Waals surface area contributed by atoms with Gasteiger partial charge in [-0.05, 0) is 46.7 Å². The molecule has 28 heavy (non-hydrogen) atoms. The zero-order valence-corrected chi connectivity index (χ0v) is 15.7. The number of rotatable bonds is 3. The number of ether oxygens (including phenoxy) is 2. The molecule has 1 aromatic heterocycles. The molecule has 1 unspecified atom stereocenters. The van der Waals surface area contributed by atoms with Crippen molar-refractivity contribution in [1.29, 1.82) is 0 Å². The molecule has 0 spiro atoms. The van der Waals surface area contributed by atoms with E-state index in [0.29, 0.717) is 6.61 Å². The van der Waals surface area contributed by atoms with Gasteiger partial charge in [-0.2, -0.15) is 0 Å². The van der Waals surface area contributed by atoms with Crippen LogP contribution in [0.25, 0.3) is 21.8 Å². The Labute approximate surface area is 163 Å². The molecule has 5 rings (SSSR count). The Bertz CT molecular complexity index is 1140. The summed E-state index contributed by atoms with van der Waals surface area (Å²) in [5.74, 6) is 1.77. The third kappa shape index (κ3) is 3.14. The summed E-state index contributed by atoms with van der Waals surface area (Å²) in [6, 6.07) is 20.6. The first-order valence-corrected chi connectivity index (χ1v) is 9.46. The molecule has 5 heteroatoms. The van der Waals surface area contributed by atoms with E-state index in [2.05, 4.69) is 40.2 Å². The average molecular weight is 371 g/mol. The molecule has 140 valence electrons. The van der Waals surface area contributed by atoms with Gasteiger partial charge < -0.3 is 14.4 Å². The minimum Gasteiger partial charge on any atom is -0.497 e. The molecular formula is C23H21N3O2. The number of methoxy groups -OCH3 is 1. The highest BCUT2D eigenvalue weighted by Crippen LogP contribution is 2.29. The van der Waals surface area contributed by atoms with Crippen LogP contribution in [-0.2, 0) is 4.74 Å². The number of morpholine rings is 1. The van der Waals surface area contributed by atoms with Crippen molar-refractivity contribution in [3.05, 3.63) is 72.4 Å². The Balaban J connectivity index is 1.42. The van der Waals surface area contributed by atoms with Crippen LogP contribution in [0.4, 0.5) is 5.82 Å². The number of aromatic nitrogens is 2. The van der Waals surface area contributed by atoms with Gasteiger partial charge in [-0.25, -0.2) is 4.98 Å². The lowest BCUT2D eigenvalue weighted by Gasteiger charge is -2.34. The van der Waals surface area contributed by atoms with Gasteiger partial charge in [-0.3, -0.25) is 4.98 Å². The zero-order valence-electron chi connectivity index (χ0n) is 15.7. The summed E-state index contributed by atoms with van der Waals surface area (Å²) >= 11 is 0. The van der Waals surface area contributed by atoms with Crippen LogP contribution < -0.4 is 9.64 Å². The lowest BCUT2D eigenvalue weighted by Crippen LogP contribution is -2.38. The van der Waals surface area contributed by atoms with Gasteiger partial charge in [0.05, 0.1) is 30.9 Å². The Morgan fingerprint density at radius 2 is 1.82 bits per heavy atom. The molecule has 1 saturated heterocycles. The van der Waals surface area contributed by atoms with Gasteiger partial charge in [0.15, 0.2) is 0 Å². The third-order valence-electron chi connectivity index (χ3n) is 5.27. The highest BCUT2D eigenvalue weighted by molar-refractivity contribution is 5.84. The summed E-state index contributed by atoms with van der Waals surface area (Å²) in [5, 5.41) is 2.35. The smallest absolute Gasteiger partial charge is 0.148 e. The molecule has 1 atom stereocenters. The van der Waals surface area contributed by atoms with E-state index in [4.69, 9.17) is 14.5 Å². The van der Waals surface area contributed by atoms with Gasteiger partial charge in [0.1, 0.15) is 17.7 Å². The fraction of sp³-hybridized carbons (Fsp3) is 0.217. The lowest BCUT2D eigenvalue weighted by molar-refractivity contribution is 0.0396. The number of fused-ring (bicyclic) bond motifs is 2. The highest BCUT2D eigenvalue weighted by Gasteiger charge is 2.23. The summed E-state index contributed by atoms with van der Waals surface area (Å²) in [4.78, 5) is 11.6. The molecule has 0 saturated carbocycles. The number of benzene rings is 3. The van der Waals surface area contributed by atoms with Crippen LogP contribution in [0.15, 0.2) is 66.9 Å². The standard InChI is InChI=1S/C23H21N3O2/c1-27-19-9-8-16-12-18(7-6-17(16)13-19)22-15-26(10-11-28-22)23-14-24-20-4-2-3-5-21(20)25-23/h2-9,12-14,22H,10-11,15H2,1H3. The lowest BCUT2D eigenvalue weighted by atomic mass is 10.0. The number of hydrogen-bond acceptors (Lipinski definition) is 5. The van der Waals surface area contributed by atoms with E-state index in [9.17, 15) is 0 Å². The van der Waals surface area contributed by atoms with Gasteiger partial charge in [-0.15, -0.1) is 0 Å². The van der Waals surface area contributed by atoms with E-state index in [1.165, 1.54) is 10.9 Å². The van der Waals surface area contributed by atoms with E-state index in [0.717, 1.165) is 41.1 Å². The highest BCUT2D eigenvalue weighted by atomic mass is 16.5. The van der Waals surface area contributed by atoms with Crippen molar-refractivity contribution in [2.75, 3.05) is 31.7 Å². The fourth-order valence-electron chi connectivity index (χ4n) is 3.73. The topological polar surface area (TPSA) is 47.5 Å². The first-order valence-electron chi connectivity index (χ1n) is 9.46. The van der Waals surface area contributed by atoms with E-state index < -0.39 is 0 Å². The summed E-state index contributed by atoms with van der Waals surface area (Å²) in [7, 11) is 1.69. The molecule has 0 amide bonds. The molecule has 0 bridgehead atoms. The summed E-state index contributed by atoms with van der Waals surface area (Å²) in [5.41, 5.74) is 3.01. The van der Waals surface area contributed by atoms with Crippen LogP contribution in [0, 0.1) is 0 Å². The first-order chi connectivity index (χ1) is 13.8. The first kappa shape index (κ1) is 17.0. The van der Waals surface area contributed by atoms with Gasteiger partial charge in [0, 0.05) is 13.1 Å². The molecule has 5 nitrogen and oxygen atoms in total. The van der Waals surface area contributed by atoms with Gasteiger partial charge in [0.25, 0.3) is 0 Å². The average Bonchev–Trinajstić information content (AvgIpc) is 2.78. The number of nitrogens with zero attached hydrogens (tertiary/aromatic N) is 3. The van der Waals surface area contributed by atoms with E-state index >= 15 is 0 Å². The molecule has 0 N–H and O–H groups in total. The normalized spacial score (nSPS) is 17.2. The molecule has 1 aliphatic heterocycles. The second-order valence-electron chi connectivity index (χ2n) is 6.99. The van der Waals surface area contributed by atoms with E-state index in [1.54, 1.807) is 7.11 Å². The van der Waals surface area contributed by atoms with Crippen molar-refractivity contribution < 1.29 is 9.47 Å². The maximum absolute atomic E-state index is 6.08. The van der Waals surface area contributed by atoms with Crippen LogP contribution in [0.1, 0.15) is 11.7 Å². The van der Waals surface area contributed by atoms with Gasteiger partial charge in [0.2, 0.25) is 0 Å². The Morgan fingerprint density at radius 3 is 2.71 bits per heavy atom. The Kier molecular flexibility index (Phi) is 4.29. The van der Waals surface area contributed by atoms with Crippen molar-refractivity contribution in [2.45, 2.75) is 6.10 Å². The second kappa shape index (κ2) is 7.09. The predicted molar refractivity (Wildman–Crippen MR) is 111 cm³/mol. The van der Waals surface area contributed by atoms with Gasteiger partial charge in [-0.1, -0.05) is 30.3 Å². The van der Waals surface area contributed by atoms with E-state index in [-0.39, 0.29) is 6.10 Å². The van der Waals surface area contributed by atoms with Gasteiger partial charge >= 0.3 is 0 Å². The molecule has 2 heterocycles. The maximum Gasteiger partial charge on any atom is 0.148 e. The van der Waals surface area contributed by atoms with Crippen molar-refractivity contribution in [3.8, 4) is 5.75 Å². The number of para-hydroxylation sites is 2. The molecule has 3 aromatic carbocycles. The summed E-state index contributed by atoms with van der Waals surface area (Å²) in [6.07, 6.45) is 1.87. The van der Waals surface area contributed by atoms with Crippen LogP contribution >= 0.6 is 0 Å². The maximum atomic E-state index is 6.08. The van der Waals surface area contributed by atoms with Crippen molar-refractivity contribution in [2.24, 2.45) is 0 Å². The van der Waals surface area contributed by atoms with E-state index in [1.807, 2.05) is 36.5 Å². The Hall–Kier alpha value is -3.18. The SMILES string of the molecule is COc1ccc2cc(C3CN(c4cnc5ccccc5n4)CCO3)ccc2c1. The molecule has 1 fully saturated rings. The molecule has 1 aliphatic rings. The second-order valence-corrected chi connectivity index (χ2v) is 6.99. The number of anilines is 1. The fourth-order valence-corrected chi connectivity index (χ4v) is 3.73. The predicted octanol–water partition coefficient (Wildman–Crippen LogP) is 4.37. The summed E-state index contributed by atoms with van der Waals surface area (Å²) < 4.78 is 11.4. The zero-order chi connectivity index (χ0) is 18.9. The minimum absolute atomic E-state index is 0.00789.